The van der Waals surface area contributed by atoms with Gasteiger partial charge in [-0.1, -0.05) is 12.1 Å². The normalized spacial score (nSPS) is 10.7. The van der Waals surface area contributed by atoms with Crippen molar-refractivity contribution in [2.75, 3.05) is 18.5 Å². The van der Waals surface area contributed by atoms with Crippen LogP contribution in [0.1, 0.15) is 24.6 Å². The number of imidazole rings is 1. The maximum absolute atomic E-state index is 13.0. The zero-order valence-corrected chi connectivity index (χ0v) is 17.2. The van der Waals surface area contributed by atoms with E-state index in [1.807, 2.05) is 66.9 Å². The topological polar surface area (TPSA) is 77.2 Å². The summed E-state index contributed by atoms with van der Waals surface area (Å²) in [4.78, 5) is 18.8. The summed E-state index contributed by atoms with van der Waals surface area (Å²) in [5.41, 5.74) is 1.91. The highest BCUT2D eigenvalue weighted by atomic mass is 16.5. The molecule has 0 aliphatic rings. The fraction of sp³-hybridized carbons (Fsp3) is 0.381. The lowest BCUT2D eigenvalue weighted by molar-refractivity contribution is 0.207. The highest BCUT2D eigenvalue weighted by molar-refractivity contribution is 5.88. The number of nitrogens with zero attached hydrogens (tertiary/aromatic N) is 5. The van der Waals surface area contributed by atoms with Crippen LogP contribution in [-0.4, -0.2) is 43.4 Å². The van der Waals surface area contributed by atoms with Crippen molar-refractivity contribution in [1.29, 1.82) is 0 Å². The average molecular weight is 396 g/mol. The zero-order chi connectivity index (χ0) is 20.6. The zero-order valence-electron chi connectivity index (χ0n) is 17.2. The summed E-state index contributed by atoms with van der Waals surface area (Å²) in [7, 11) is 1.82. The third-order valence-corrected chi connectivity index (χ3v) is 4.54. The van der Waals surface area contributed by atoms with E-state index in [0.29, 0.717) is 25.5 Å². The molecule has 0 atom stereocenters. The predicted molar refractivity (Wildman–Crippen MR) is 112 cm³/mol. The van der Waals surface area contributed by atoms with Crippen LogP contribution in [0, 0.1) is 6.92 Å². The molecule has 8 nitrogen and oxygen atoms in total. The molecule has 2 aromatic heterocycles. The van der Waals surface area contributed by atoms with E-state index in [-0.39, 0.29) is 6.03 Å². The molecule has 0 aliphatic carbocycles. The molecule has 0 saturated heterocycles. The lowest BCUT2D eigenvalue weighted by Gasteiger charge is -2.23. The number of rotatable bonds is 9. The first-order valence-corrected chi connectivity index (χ1v) is 9.79. The van der Waals surface area contributed by atoms with Gasteiger partial charge in [0.2, 0.25) is 0 Å². The molecule has 0 spiro atoms. The molecule has 8 heteroatoms. The second-order valence-corrected chi connectivity index (χ2v) is 6.88. The van der Waals surface area contributed by atoms with Crippen molar-refractivity contribution in [3.05, 3.63) is 60.3 Å². The van der Waals surface area contributed by atoms with E-state index in [4.69, 9.17) is 4.74 Å². The van der Waals surface area contributed by atoms with E-state index in [1.54, 1.807) is 17.2 Å². The van der Waals surface area contributed by atoms with Crippen molar-refractivity contribution >= 4 is 11.8 Å². The monoisotopic (exact) mass is 396 g/mol. The van der Waals surface area contributed by atoms with Gasteiger partial charge in [-0.2, -0.15) is 5.10 Å². The van der Waals surface area contributed by atoms with Gasteiger partial charge in [0.1, 0.15) is 11.6 Å². The van der Waals surface area contributed by atoms with Crippen molar-refractivity contribution in [2.45, 2.75) is 33.4 Å². The van der Waals surface area contributed by atoms with Crippen LogP contribution in [0.5, 0.6) is 5.75 Å². The van der Waals surface area contributed by atoms with Crippen LogP contribution < -0.4 is 10.1 Å². The fourth-order valence-corrected chi connectivity index (χ4v) is 3.11. The van der Waals surface area contributed by atoms with Gasteiger partial charge in [0.15, 0.2) is 0 Å². The van der Waals surface area contributed by atoms with Crippen LogP contribution in [0.2, 0.25) is 0 Å². The molecular formula is C21H28N6O2. The van der Waals surface area contributed by atoms with Gasteiger partial charge in [-0.15, -0.1) is 0 Å². The van der Waals surface area contributed by atoms with Gasteiger partial charge in [-0.25, -0.2) is 9.78 Å². The second-order valence-electron chi connectivity index (χ2n) is 6.88. The first-order chi connectivity index (χ1) is 14.0. The van der Waals surface area contributed by atoms with E-state index >= 15 is 0 Å². The molecule has 0 unspecified atom stereocenters. The number of hydrogen-bond acceptors (Lipinski definition) is 4. The summed E-state index contributed by atoms with van der Waals surface area (Å²) < 4.78 is 9.19. The Balaban J connectivity index is 1.67. The molecule has 0 radical (unpaired) electrons. The van der Waals surface area contributed by atoms with E-state index in [2.05, 4.69) is 15.4 Å². The Bertz CT molecular complexity index is 902. The summed E-state index contributed by atoms with van der Waals surface area (Å²) in [6.45, 7) is 6.43. The molecule has 2 heterocycles. The number of aryl methyl sites for hydroxylation is 3. The summed E-state index contributed by atoms with van der Waals surface area (Å²) in [6, 6.07) is 9.58. The Morgan fingerprint density at radius 1 is 1.28 bits per heavy atom. The Kier molecular flexibility index (Phi) is 6.89. The minimum absolute atomic E-state index is 0.146. The van der Waals surface area contributed by atoms with Crippen molar-refractivity contribution in [2.24, 2.45) is 7.05 Å². The number of carbonyl (C=O) groups is 1. The van der Waals surface area contributed by atoms with Crippen molar-refractivity contribution in [1.82, 2.24) is 24.2 Å². The Morgan fingerprint density at radius 2 is 2.07 bits per heavy atom. The lowest BCUT2D eigenvalue weighted by atomic mass is 10.2. The highest BCUT2D eigenvalue weighted by Crippen LogP contribution is 2.15. The quantitative estimate of drug-likeness (QED) is 0.601. The molecule has 2 amide bonds. The Morgan fingerprint density at radius 3 is 2.69 bits per heavy atom. The minimum Gasteiger partial charge on any atom is -0.494 e. The average Bonchev–Trinajstić information content (AvgIpc) is 3.32. The Labute approximate surface area is 171 Å². The maximum atomic E-state index is 13.0. The van der Waals surface area contributed by atoms with E-state index in [1.165, 1.54) is 0 Å². The molecule has 154 valence electrons. The molecule has 3 rings (SSSR count). The van der Waals surface area contributed by atoms with Gasteiger partial charge >= 0.3 is 6.03 Å². The first-order valence-electron chi connectivity index (χ1n) is 9.79. The SMILES string of the molecule is CCOc1ccc(CN(CCCn2ccnc2)C(=O)Nc2cc(C)nn2C)cc1. The number of ether oxygens (including phenoxy) is 1. The smallest absolute Gasteiger partial charge is 0.323 e. The number of aromatic nitrogens is 4. The molecule has 0 aliphatic heterocycles. The van der Waals surface area contributed by atoms with Gasteiger partial charge in [-0.05, 0) is 38.0 Å². The highest BCUT2D eigenvalue weighted by Gasteiger charge is 2.16. The van der Waals surface area contributed by atoms with Crippen molar-refractivity contribution in [3.8, 4) is 5.75 Å². The van der Waals surface area contributed by atoms with Crippen LogP contribution in [-0.2, 0) is 20.1 Å². The summed E-state index contributed by atoms with van der Waals surface area (Å²) in [6.07, 6.45) is 6.30. The molecule has 3 aromatic rings. The summed E-state index contributed by atoms with van der Waals surface area (Å²) >= 11 is 0. The number of anilines is 1. The minimum atomic E-state index is -0.146. The molecule has 0 saturated carbocycles. The molecule has 1 N–H and O–H groups in total. The third kappa shape index (κ3) is 5.84. The van der Waals surface area contributed by atoms with E-state index < -0.39 is 0 Å². The molecule has 1 aromatic carbocycles. The van der Waals surface area contributed by atoms with Crippen LogP contribution in [0.3, 0.4) is 0 Å². The molecular weight excluding hydrogens is 368 g/mol. The first kappa shape index (κ1) is 20.4. The van der Waals surface area contributed by atoms with Crippen molar-refractivity contribution in [3.63, 3.8) is 0 Å². The van der Waals surface area contributed by atoms with E-state index in [9.17, 15) is 4.79 Å². The number of carbonyl (C=O) groups excluding carboxylic acids is 1. The molecule has 0 fully saturated rings. The number of nitrogens with one attached hydrogen (secondary N) is 1. The van der Waals surface area contributed by atoms with Crippen LogP contribution in [0.4, 0.5) is 10.6 Å². The predicted octanol–water partition coefficient (Wildman–Crippen LogP) is 3.45. The van der Waals surface area contributed by atoms with Gasteiger partial charge in [0.25, 0.3) is 0 Å². The van der Waals surface area contributed by atoms with E-state index in [0.717, 1.165) is 30.0 Å². The number of amides is 2. The fourth-order valence-electron chi connectivity index (χ4n) is 3.11. The van der Waals surface area contributed by atoms with Gasteiger partial charge in [-0.3, -0.25) is 10.00 Å². The summed E-state index contributed by atoms with van der Waals surface area (Å²) in [5, 5.41) is 7.26. The molecule has 0 bridgehead atoms. The summed E-state index contributed by atoms with van der Waals surface area (Å²) in [5.74, 6) is 1.51. The van der Waals surface area contributed by atoms with Crippen LogP contribution >= 0.6 is 0 Å². The van der Waals surface area contributed by atoms with Gasteiger partial charge in [0, 0.05) is 45.1 Å². The largest absolute Gasteiger partial charge is 0.494 e. The van der Waals surface area contributed by atoms with Crippen LogP contribution in [0.15, 0.2) is 49.1 Å². The maximum Gasteiger partial charge on any atom is 0.323 e. The van der Waals surface area contributed by atoms with Crippen LogP contribution in [0.25, 0.3) is 0 Å². The standard InChI is InChI=1S/C21H28N6O2/c1-4-29-19-8-6-18(7-9-19)15-27(12-5-11-26-13-10-22-16-26)21(28)23-20-14-17(2)24-25(20)3/h6-10,13-14,16H,4-5,11-12,15H2,1-3H3,(H,23,28). The Hall–Kier alpha value is -3.29. The van der Waals surface area contributed by atoms with Gasteiger partial charge < -0.3 is 14.2 Å². The third-order valence-electron chi connectivity index (χ3n) is 4.54. The lowest BCUT2D eigenvalue weighted by Crippen LogP contribution is -2.36. The number of hydrogen-bond donors (Lipinski definition) is 1. The number of urea groups is 1. The second kappa shape index (κ2) is 9.77. The molecule has 29 heavy (non-hydrogen) atoms. The van der Waals surface area contributed by atoms with Crippen molar-refractivity contribution < 1.29 is 9.53 Å². The number of benzene rings is 1. The van der Waals surface area contributed by atoms with Gasteiger partial charge in [0.05, 0.1) is 18.6 Å².